The van der Waals surface area contributed by atoms with Crippen molar-refractivity contribution in [3.05, 3.63) is 89.8 Å². The van der Waals surface area contributed by atoms with E-state index in [-0.39, 0.29) is 5.57 Å². The van der Waals surface area contributed by atoms with Crippen LogP contribution in [-0.2, 0) is 11.3 Å². The Kier molecular flexibility index (Phi) is 4.19. The van der Waals surface area contributed by atoms with Gasteiger partial charge in [0.05, 0.1) is 0 Å². The molecule has 0 saturated heterocycles. The van der Waals surface area contributed by atoms with E-state index in [2.05, 4.69) is 42.5 Å². The summed E-state index contributed by atoms with van der Waals surface area (Å²) in [7, 11) is 0. The van der Waals surface area contributed by atoms with Crippen LogP contribution in [-0.4, -0.2) is 10.5 Å². The van der Waals surface area contributed by atoms with Crippen molar-refractivity contribution in [2.24, 2.45) is 5.73 Å². The van der Waals surface area contributed by atoms with Gasteiger partial charge < -0.3 is 10.3 Å². The summed E-state index contributed by atoms with van der Waals surface area (Å²) in [5, 5.41) is 13.9. The highest BCUT2D eigenvalue weighted by atomic mass is 16.1. The van der Waals surface area contributed by atoms with Gasteiger partial charge in [0, 0.05) is 18.4 Å². The molecule has 4 rings (SSSR count). The van der Waals surface area contributed by atoms with E-state index in [1.165, 1.54) is 33.2 Å². The van der Waals surface area contributed by atoms with E-state index in [1.807, 2.05) is 41.1 Å². The monoisotopic (exact) mass is 351 g/mol. The lowest BCUT2D eigenvalue weighted by atomic mass is 9.97. The highest BCUT2D eigenvalue weighted by molar-refractivity contribution is 6.09. The summed E-state index contributed by atoms with van der Waals surface area (Å²) in [6.45, 7) is 0.627. The molecule has 1 aromatic heterocycles. The molecule has 2 N–H and O–H groups in total. The first-order chi connectivity index (χ1) is 13.2. The number of primary amides is 1. The zero-order valence-electron chi connectivity index (χ0n) is 14.6. The highest BCUT2D eigenvalue weighted by Crippen LogP contribution is 2.29. The standard InChI is InChI=1S/C23H17N3O/c24-14-17(23(25)27)13-19-7-5-11-26(19)15-18-12-16-6-1-2-8-20(16)22-10-4-3-9-21(18)22/h1-13H,15H2,(H2,25,27)/b17-13+. The maximum absolute atomic E-state index is 11.4. The Labute approximate surface area is 156 Å². The third kappa shape index (κ3) is 3.07. The Morgan fingerprint density at radius 1 is 1.00 bits per heavy atom. The molecule has 0 bridgehead atoms. The van der Waals surface area contributed by atoms with Crippen molar-refractivity contribution in [2.45, 2.75) is 6.54 Å². The molecule has 1 amide bonds. The van der Waals surface area contributed by atoms with Crippen molar-refractivity contribution >= 4 is 33.5 Å². The van der Waals surface area contributed by atoms with Gasteiger partial charge in [0.1, 0.15) is 11.6 Å². The fourth-order valence-electron chi connectivity index (χ4n) is 3.45. The van der Waals surface area contributed by atoms with E-state index in [1.54, 1.807) is 0 Å². The van der Waals surface area contributed by atoms with Crippen molar-refractivity contribution in [1.29, 1.82) is 5.26 Å². The molecule has 0 saturated carbocycles. The van der Waals surface area contributed by atoms with Crippen LogP contribution in [0.25, 0.3) is 27.6 Å². The van der Waals surface area contributed by atoms with Crippen molar-refractivity contribution in [3.63, 3.8) is 0 Å². The highest BCUT2D eigenvalue weighted by Gasteiger charge is 2.10. The average Bonchev–Trinajstić information content (AvgIpc) is 3.12. The van der Waals surface area contributed by atoms with Crippen LogP contribution in [0.1, 0.15) is 11.3 Å². The van der Waals surface area contributed by atoms with Crippen molar-refractivity contribution < 1.29 is 4.79 Å². The number of rotatable bonds is 4. The fourth-order valence-corrected chi connectivity index (χ4v) is 3.45. The van der Waals surface area contributed by atoms with Gasteiger partial charge in [0.15, 0.2) is 0 Å². The molecule has 0 atom stereocenters. The van der Waals surface area contributed by atoms with Gasteiger partial charge in [0.25, 0.3) is 5.91 Å². The van der Waals surface area contributed by atoms with E-state index in [4.69, 9.17) is 11.0 Å². The Bertz CT molecular complexity index is 1240. The van der Waals surface area contributed by atoms with Gasteiger partial charge in [0.2, 0.25) is 0 Å². The molecule has 0 spiro atoms. The minimum atomic E-state index is -0.721. The number of aromatic nitrogens is 1. The van der Waals surface area contributed by atoms with Gasteiger partial charge in [-0.1, -0.05) is 48.5 Å². The molecule has 0 aliphatic heterocycles. The zero-order chi connectivity index (χ0) is 18.8. The quantitative estimate of drug-likeness (QED) is 0.339. The second-order valence-electron chi connectivity index (χ2n) is 6.40. The molecule has 0 aliphatic rings. The first-order valence-electron chi connectivity index (χ1n) is 8.63. The number of carbonyl (C=O) groups excluding carboxylic acids is 1. The topological polar surface area (TPSA) is 71.8 Å². The summed E-state index contributed by atoms with van der Waals surface area (Å²) in [5.41, 5.74) is 7.15. The number of fused-ring (bicyclic) bond motifs is 3. The summed E-state index contributed by atoms with van der Waals surface area (Å²) in [6, 6.07) is 24.5. The molecule has 0 aliphatic carbocycles. The lowest BCUT2D eigenvalue weighted by Crippen LogP contribution is -2.13. The van der Waals surface area contributed by atoms with Crippen LogP contribution in [0.3, 0.4) is 0 Å². The lowest BCUT2D eigenvalue weighted by molar-refractivity contribution is -0.114. The number of carbonyl (C=O) groups is 1. The molecule has 3 aromatic carbocycles. The Morgan fingerprint density at radius 3 is 2.44 bits per heavy atom. The first-order valence-corrected chi connectivity index (χ1v) is 8.63. The third-order valence-corrected chi connectivity index (χ3v) is 4.74. The predicted octanol–water partition coefficient (Wildman–Crippen LogP) is 4.24. The average molecular weight is 351 g/mol. The summed E-state index contributed by atoms with van der Waals surface area (Å²) in [5.74, 6) is -0.721. The Morgan fingerprint density at radius 2 is 1.70 bits per heavy atom. The van der Waals surface area contributed by atoms with E-state index in [0.29, 0.717) is 6.54 Å². The molecule has 1 heterocycles. The Hall–Kier alpha value is -3.84. The van der Waals surface area contributed by atoms with E-state index >= 15 is 0 Å². The molecular weight excluding hydrogens is 334 g/mol. The van der Waals surface area contributed by atoms with E-state index in [9.17, 15) is 4.79 Å². The number of nitrogens with zero attached hydrogens (tertiary/aromatic N) is 2. The maximum Gasteiger partial charge on any atom is 0.259 e. The molecule has 0 radical (unpaired) electrons. The molecule has 4 nitrogen and oxygen atoms in total. The van der Waals surface area contributed by atoms with Crippen molar-refractivity contribution in [3.8, 4) is 6.07 Å². The smallest absolute Gasteiger partial charge is 0.259 e. The molecular formula is C23H17N3O. The summed E-state index contributed by atoms with van der Waals surface area (Å²) < 4.78 is 2.01. The molecule has 0 fully saturated rings. The summed E-state index contributed by atoms with van der Waals surface area (Å²) in [4.78, 5) is 11.4. The van der Waals surface area contributed by atoms with Crippen LogP contribution in [0.4, 0.5) is 0 Å². The molecule has 4 heteroatoms. The number of hydrogen-bond donors (Lipinski definition) is 1. The number of nitriles is 1. The summed E-state index contributed by atoms with van der Waals surface area (Å²) >= 11 is 0. The number of hydrogen-bond acceptors (Lipinski definition) is 2. The number of amides is 1. The fraction of sp³-hybridized carbons (Fsp3) is 0.0435. The van der Waals surface area contributed by atoms with Crippen LogP contribution in [0.5, 0.6) is 0 Å². The van der Waals surface area contributed by atoms with Crippen LogP contribution in [0, 0.1) is 11.3 Å². The van der Waals surface area contributed by atoms with Gasteiger partial charge in [-0.05, 0) is 51.4 Å². The van der Waals surface area contributed by atoms with Gasteiger partial charge in [-0.25, -0.2) is 0 Å². The van der Waals surface area contributed by atoms with Crippen LogP contribution in [0.15, 0.2) is 78.5 Å². The van der Waals surface area contributed by atoms with Crippen molar-refractivity contribution in [2.75, 3.05) is 0 Å². The Balaban J connectivity index is 1.85. The van der Waals surface area contributed by atoms with Crippen LogP contribution in [0.2, 0.25) is 0 Å². The zero-order valence-corrected chi connectivity index (χ0v) is 14.6. The molecule has 27 heavy (non-hydrogen) atoms. The number of nitrogens with two attached hydrogens (primary N) is 1. The maximum atomic E-state index is 11.4. The van der Waals surface area contributed by atoms with Crippen molar-refractivity contribution in [1.82, 2.24) is 4.57 Å². The van der Waals surface area contributed by atoms with E-state index in [0.717, 1.165) is 5.69 Å². The first kappa shape index (κ1) is 16.6. The minimum Gasteiger partial charge on any atom is -0.365 e. The second-order valence-corrected chi connectivity index (χ2v) is 6.40. The van der Waals surface area contributed by atoms with Gasteiger partial charge >= 0.3 is 0 Å². The third-order valence-electron chi connectivity index (χ3n) is 4.74. The molecule has 130 valence electrons. The minimum absolute atomic E-state index is 0.0571. The van der Waals surface area contributed by atoms with Gasteiger partial charge in [-0.15, -0.1) is 0 Å². The van der Waals surface area contributed by atoms with Gasteiger partial charge in [-0.2, -0.15) is 5.26 Å². The second kappa shape index (κ2) is 6.81. The van der Waals surface area contributed by atoms with Gasteiger partial charge in [-0.3, -0.25) is 4.79 Å². The van der Waals surface area contributed by atoms with Crippen LogP contribution < -0.4 is 5.73 Å². The summed E-state index contributed by atoms with van der Waals surface area (Å²) in [6.07, 6.45) is 3.47. The SMILES string of the molecule is N#C/C(=C\c1cccn1Cc1cc2ccccc2c2ccccc12)C(N)=O. The predicted molar refractivity (Wildman–Crippen MR) is 108 cm³/mol. The normalized spacial score (nSPS) is 11.6. The lowest BCUT2D eigenvalue weighted by Gasteiger charge is -2.13. The molecule has 4 aromatic rings. The largest absolute Gasteiger partial charge is 0.365 e. The number of benzene rings is 3. The van der Waals surface area contributed by atoms with Crippen LogP contribution >= 0.6 is 0 Å². The van der Waals surface area contributed by atoms with E-state index < -0.39 is 5.91 Å². The molecule has 0 unspecified atom stereocenters.